The lowest BCUT2D eigenvalue weighted by Crippen LogP contribution is -2.36. The van der Waals surface area contributed by atoms with Crippen LogP contribution < -0.4 is 9.64 Å². The maximum atomic E-state index is 14.3. The molecule has 160 valence electrons. The van der Waals surface area contributed by atoms with Gasteiger partial charge in [0.15, 0.2) is 5.13 Å². The molecular weight excluding hydrogens is 430 g/mol. The first-order valence-corrected chi connectivity index (χ1v) is 11.5. The van der Waals surface area contributed by atoms with E-state index >= 15 is 0 Å². The lowest BCUT2D eigenvalue weighted by atomic mass is 9.87. The molecule has 3 aromatic carbocycles. The van der Waals surface area contributed by atoms with Gasteiger partial charge in [-0.1, -0.05) is 65.9 Å². The predicted octanol–water partition coefficient (Wildman–Crippen LogP) is 6.16. The molecule has 0 N–H and O–H groups in total. The van der Waals surface area contributed by atoms with Gasteiger partial charge in [0.25, 0.3) is 0 Å². The molecule has 33 heavy (non-hydrogen) atoms. The Labute approximate surface area is 194 Å². The Morgan fingerprint density at radius 3 is 2.27 bits per heavy atom. The van der Waals surface area contributed by atoms with E-state index in [1.165, 1.54) is 11.3 Å². The molecule has 3 heterocycles. The zero-order valence-electron chi connectivity index (χ0n) is 17.6. The van der Waals surface area contributed by atoms with E-state index in [1.54, 1.807) is 17.3 Å². The highest BCUT2D eigenvalue weighted by Gasteiger charge is 2.36. The highest BCUT2D eigenvalue weighted by molar-refractivity contribution is 7.22. The Morgan fingerprint density at radius 1 is 0.879 bits per heavy atom. The summed E-state index contributed by atoms with van der Waals surface area (Å²) in [5.41, 5.74) is 3.55. The zero-order chi connectivity index (χ0) is 22.2. The molecule has 2 aromatic heterocycles. The summed E-state index contributed by atoms with van der Waals surface area (Å²) >= 11 is 1.52. The van der Waals surface area contributed by atoms with E-state index in [9.17, 15) is 4.79 Å². The topological polar surface area (TPSA) is 55.3 Å². The molecular formula is C27H19N3O2S. The number of fused-ring (bicyclic) bond motifs is 3. The van der Waals surface area contributed by atoms with Crippen LogP contribution in [0.15, 0.2) is 97.3 Å². The first-order chi connectivity index (χ1) is 16.3. The van der Waals surface area contributed by atoms with Crippen LogP contribution in [0.2, 0.25) is 0 Å². The maximum Gasteiger partial charge on any atom is 0.241 e. The second kappa shape index (κ2) is 8.15. The van der Waals surface area contributed by atoms with Crippen LogP contribution in [-0.4, -0.2) is 15.9 Å². The Balaban J connectivity index is 1.49. The number of hydrogen-bond donors (Lipinski definition) is 0. The fourth-order valence-corrected chi connectivity index (χ4v) is 5.19. The second-order valence-corrected chi connectivity index (χ2v) is 8.87. The van der Waals surface area contributed by atoms with Crippen molar-refractivity contribution >= 4 is 32.6 Å². The summed E-state index contributed by atoms with van der Waals surface area (Å²) in [5, 5.41) is 0.673. The average Bonchev–Trinajstić information content (AvgIpc) is 3.30. The van der Waals surface area contributed by atoms with Crippen molar-refractivity contribution in [3.05, 3.63) is 114 Å². The molecule has 0 fully saturated rings. The van der Waals surface area contributed by atoms with E-state index in [2.05, 4.69) is 4.98 Å². The fourth-order valence-electron chi connectivity index (χ4n) is 4.22. The van der Waals surface area contributed by atoms with Crippen LogP contribution in [-0.2, 0) is 11.3 Å². The van der Waals surface area contributed by atoms with Crippen molar-refractivity contribution in [3.63, 3.8) is 0 Å². The third kappa shape index (κ3) is 3.54. The highest BCUT2D eigenvalue weighted by Crippen LogP contribution is 2.45. The molecule has 1 amide bonds. The van der Waals surface area contributed by atoms with E-state index in [0.717, 1.165) is 26.9 Å². The smallest absolute Gasteiger partial charge is 0.241 e. The van der Waals surface area contributed by atoms with E-state index in [1.807, 2.05) is 84.9 Å². The number of thiazole rings is 1. The number of nitrogens with zero attached hydrogens (tertiary/aromatic N) is 3. The Kier molecular flexibility index (Phi) is 4.85. The molecule has 0 bridgehead atoms. The number of aromatic nitrogens is 2. The molecule has 1 aliphatic heterocycles. The van der Waals surface area contributed by atoms with Gasteiger partial charge in [0.2, 0.25) is 5.91 Å². The van der Waals surface area contributed by atoms with Crippen LogP contribution in [0, 0.1) is 0 Å². The van der Waals surface area contributed by atoms with Gasteiger partial charge in [-0.3, -0.25) is 14.7 Å². The molecule has 0 unspecified atom stereocenters. The SMILES string of the molecule is O=C(C1c2ccccc2Oc2ccccc21)N(Cc1cccnc1)c1nc2ccccc2s1. The molecule has 0 saturated heterocycles. The maximum absolute atomic E-state index is 14.3. The molecule has 6 heteroatoms. The van der Waals surface area contributed by atoms with Crippen molar-refractivity contribution in [1.82, 2.24) is 9.97 Å². The third-order valence-corrected chi connectivity index (χ3v) is 6.83. The number of amides is 1. The van der Waals surface area contributed by atoms with Crippen LogP contribution >= 0.6 is 11.3 Å². The fraction of sp³-hybridized carbons (Fsp3) is 0.0741. The zero-order valence-corrected chi connectivity index (χ0v) is 18.4. The van der Waals surface area contributed by atoms with Crippen molar-refractivity contribution < 1.29 is 9.53 Å². The van der Waals surface area contributed by atoms with Crippen molar-refractivity contribution in [2.75, 3.05) is 4.90 Å². The summed E-state index contributed by atoms with van der Waals surface area (Å²) in [7, 11) is 0. The van der Waals surface area contributed by atoms with Gasteiger partial charge in [-0.2, -0.15) is 0 Å². The predicted molar refractivity (Wildman–Crippen MR) is 130 cm³/mol. The number of pyridine rings is 1. The molecule has 5 aromatic rings. The van der Waals surface area contributed by atoms with Gasteiger partial charge < -0.3 is 4.74 Å². The van der Waals surface area contributed by atoms with Crippen LogP contribution in [0.3, 0.4) is 0 Å². The summed E-state index contributed by atoms with van der Waals surface area (Å²) < 4.78 is 7.16. The van der Waals surface area contributed by atoms with Crippen LogP contribution in [0.5, 0.6) is 11.5 Å². The van der Waals surface area contributed by atoms with E-state index in [-0.39, 0.29) is 5.91 Å². The summed E-state index contributed by atoms with van der Waals surface area (Å²) in [5.74, 6) is 0.885. The minimum absolute atomic E-state index is 0.0406. The Hall–Kier alpha value is -4.03. The largest absolute Gasteiger partial charge is 0.457 e. The van der Waals surface area contributed by atoms with Crippen molar-refractivity contribution in [3.8, 4) is 11.5 Å². The summed E-state index contributed by atoms with van der Waals surface area (Å²) in [6.07, 6.45) is 3.53. The summed E-state index contributed by atoms with van der Waals surface area (Å²) in [6.45, 7) is 0.383. The lowest BCUT2D eigenvalue weighted by Gasteiger charge is -2.31. The van der Waals surface area contributed by atoms with E-state index in [0.29, 0.717) is 23.2 Å². The van der Waals surface area contributed by atoms with Crippen molar-refractivity contribution in [1.29, 1.82) is 0 Å². The molecule has 1 aliphatic rings. The number of ether oxygens (including phenoxy) is 1. The van der Waals surface area contributed by atoms with E-state index in [4.69, 9.17) is 9.72 Å². The van der Waals surface area contributed by atoms with E-state index < -0.39 is 5.92 Å². The molecule has 0 spiro atoms. The quantitative estimate of drug-likeness (QED) is 0.330. The number of hydrogen-bond acceptors (Lipinski definition) is 5. The number of carbonyl (C=O) groups is 1. The van der Waals surface area contributed by atoms with Crippen molar-refractivity contribution in [2.45, 2.75) is 12.5 Å². The van der Waals surface area contributed by atoms with Gasteiger partial charge in [-0.05, 0) is 35.9 Å². The second-order valence-electron chi connectivity index (χ2n) is 7.86. The Morgan fingerprint density at radius 2 is 1.58 bits per heavy atom. The third-order valence-electron chi connectivity index (χ3n) is 5.77. The van der Waals surface area contributed by atoms with Gasteiger partial charge in [0.1, 0.15) is 11.5 Å². The van der Waals surface area contributed by atoms with Crippen LogP contribution in [0.25, 0.3) is 10.2 Å². The number of carbonyl (C=O) groups excluding carboxylic acids is 1. The molecule has 5 nitrogen and oxygen atoms in total. The molecule has 0 radical (unpaired) electrons. The van der Waals surface area contributed by atoms with Gasteiger partial charge in [0, 0.05) is 23.5 Å². The first kappa shape index (κ1) is 19.6. The molecule has 0 atom stereocenters. The van der Waals surface area contributed by atoms with Crippen LogP contribution in [0.1, 0.15) is 22.6 Å². The minimum Gasteiger partial charge on any atom is -0.457 e. The number of para-hydroxylation sites is 3. The standard InChI is InChI=1S/C27H19N3O2S/c31-26(25-19-9-1-4-12-22(19)32-23-13-5-2-10-20(23)25)30(17-18-8-7-15-28-16-18)27-29-21-11-3-6-14-24(21)33-27/h1-16,25H,17H2. The van der Waals surface area contributed by atoms with Gasteiger partial charge >= 0.3 is 0 Å². The summed E-state index contributed by atoms with van der Waals surface area (Å²) in [4.78, 5) is 25.2. The number of anilines is 1. The van der Waals surface area contributed by atoms with Crippen molar-refractivity contribution in [2.24, 2.45) is 0 Å². The number of benzene rings is 3. The van der Waals surface area contributed by atoms with Gasteiger partial charge in [-0.15, -0.1) is 0 Å². The molecule has 0 saturated carbocycles. The average molecular weight is 450 g/mol. The summed E-state index contributed by atoms with van der Waals surface area (Å²) in [6, 6.07) is 27.3. The number of rotatable bonds is 4. The highest BCUT2D eigenvalue weighted by atomic mass is 32.1. The van der Waals surface area contributed by atoms with Gasteiger partial charge in [-0.25, -0.2) is 4.98 Å². The molecule has 0 aliphatic carbocycles. The first-order valence-electron chi connectivity index (χ1n) is 10.7. The normalized spacial score (nSPS) is 12.6. The minimum atomic E-state index is -0.491. The van der Waals surface area contributed by atoms with Gasteiger partial charge in [0.05, 0.1) is 22.7 Å². The molecule has 6 rings (SSSR count). The Bertz CT molecular complexity index is 1390. The monoisotopic (exact) mass is 449 g/mol. The van der Waals surface area contributed by atoms with Crippen LogP contribution in [0.4, 0.5) is 5.13 Å². The lowest BCUT2D eigenvalue weighted by molar-refractivity contribution is -0.119.